The monoisotopic (exact) mass is 298 g/mol. The van der Waals surface area contributed by atoms with Crippen LogP contribution < -0.4 is 5.73 Å². The molecule has 3 N–H and O–H groups in total. The highest BCUT2D eigenvalue weighted by Gasteiger charge is 2.08. The number of aromatic hydroxyl groups is 1. The highest BCUT2D eigenvalue weighted by atomic mass is 32.1. The van der Waals surface area contributed by atoms with Crippen molar-refractivity contribution in [3.05, 3.63) is 42.0 Å². The van der Waals surface area contributed by atoms with Crippen LogP contribution in [0.4, 0.5) is 5.69 Å². The maximum Gasteiger partial charge on any atom is 0.138 e. The van der Waals surface area contributed by atoms with E-state index >= 15 is 0 Å². The molecule has 0 aliphatic heterocycles. The summed E-state index contributed by atoms with van der Waals surface area (Å²) in [4.78, 5) is 4.70. The van der Waals surface area contributed by atoms with Gasteiger partial charge >= 0.3 is 0 Å². The van der Waals surface area contributed by atoms with Crippen LogP contribution in [0.15, 0.2) is 36.4 Å². The van der Waals surface area contributed by atoms with Crippen LogP contribution in [0.25, 0.3) is 20.8 Å². The minimum Gasteiger partial charge on any atom is -0.506 e. The predicted molar refractivity (Wildman–Crippen MR) is 89.7 cm³/mol. The molecule has 4 heteroatoms. The number of benzene rings is 2. The van der Waals surface area contributed by atoms with Crippen LogP contribution in [0, 0.1) is 0 Å². The van der Waals surface area contributed by atoms with E-state index in [1.165, 1.54) is 23.1 Å². The third-order valence-corrected chi connectivity index (χ3v) is 4.63. The molecule has 0 atom stereocenters. The Morgan fingerprint density at radius 3 is 2.81 bits per heavy atom. The van der Waals surface area contributed by atoms with E-state index < -0.39 is 0 Å². The Hall–Kier alpha value is -2.07. The molecule has 0 aliphatic rings. The zero-order valence-corrected chi connectivity index (χ0v) is 12.8. The summed E-state index contributed by atoms with van der Waals surface area (Å²) in [5, 5.41) is 10.4. The molecule has 1 heterocycles. The lowest BCUT2D eigenvalue weighted by Gasteiger charge is -2.00. The summed E-state index contributed by atoms with van der Waals surface area (Å²) in [6.45, 7) is 2.20. The van der Waals surface area contributed by atoms with Crippen LogP contribution in [-0.4, -0.2) is 10.1 Å². The molecule has 3 rings (SSSR count). The molecular weight excluding hydrogens is 280 g/mol. The molecule has 1 aromatic heterocycles. The van der Waals surface area contributed by atoms with E-state index in [-0.39, 0.29) is 5.75 Å². The van der Waals surface area contributed by atoms with Crippen molar-refractivity contribution in [3.63, 3.8) is 0 Å². The third kappa shape index (κ3) is 2.85. The van der Waals surface area contributed by atoms with E-state index in [9.17, 15) is 5.11 Å². The van der Waals surface area contributed by atoms with Gasteiger partial charge in [-0.2, -0.15) is 0 Å². The topological polar surface area (TPSA) is 59.1 Å². The lowest BCUT2D eigenvalue weighted by Crippen LogP contribution is -1.86. The summed E-state index contributed by atoms with van der Waals surface area (Å²) < 4.78 is 1.18. The van der Waals surface area contributed by atoms with Crippen LogP contribution in [0.2, 0.25) is 0 Å². The van der Waals surface area contributed by atoms with Crippen molar-refractivity contribution in [1.29, 1.82) is 0 Å². The molecule has 3 nitrogen and oxygen atoms in total. The number of hydrogen-bond donors (Lipinski definition) is 2. The number of thiazole rings is 1. The SMILES string of the molecule is CCCCc1ccc2sc(-c3ccc(O)c(N)c3)nc2c1. The molecule has 0 saturated carbocycles. The number of nitrogens with zero attached hydrogens (tertiary/aromatic N) is 1. The standard InChI is InChI=1S/C17H18N2OS/c1-2-3-4-11-5-8-16-14(9-11)19-17(21-16)12-6-7-15(20)13(18)10-12/h5-10,20H,2-4,18H2,1H3. The quantitative estimate of drug-likeness (QED) is 0.547. The van der Waals surface area contributed by atoms with Gasteiger partial charge in [-0.25, -0.2) is 4.98 Å². The van der Waals surface area contributed by atoms with Crippen LogP contribution in [0.5, 0.6) is 5.75 Å². The van der Waals surface area contributed by atoms with E-state index in [1.807, 2.05) is 6.07 Å². The number of aryl methyl sites for hydroxylation is 1. The number of anilines is 1. The molecule has 21 heavy (non-hydrogen) atoms. The van der Waals surface area contributed by atoms with Crippen molar-refractivity contribution in [2.45, 2.75) is 26.2 Å². The fraction of sp³-hybridized carbons (Fsp3) is 0.235. The normalized spacial score (nSPS) is 11.1. The summed E-state index contributed by atoms with van der Waals surface area (Å²) in [7, 11) is 0. The van der Waals surface area contributed by atoms with Gasteiger partial charge in [0.05, 0.1) is 15.9 Å². The Morgan fingerprint density at radius 2 is 2.05 bits per heavy atom. The maximum absolute atomic E-state index is 9.51. The van der Waals surface area contributed by atoms with Crippen molar-refractivity contribution >= 4 is 27.2 Å². The van der Waals surface area contributed by atoms with E-state index in [0.29, 0.717) is 5.69 Å². The fourth-order valence-corrected chi connectivity index (χ4v) is 3.26. The average Bonchev–Trinajstić information content (AvgIpc) is 2.91. The first kappa shape index (κ1) is 13.9. The number of nitrogens with two attached hydrogens (primary N) is 1. The average molecular weight is 298 g/mol. The molecule has 0 spiro atoms. The zero-order valence-electron chi connectivity index (χ0n) is 12.0. The molecule has 3 aromatic rings. The van der Waals surface area contributed by atoms with Gasteiger partial charge in [0.1, 0.15) is 10.8 Å². The smallest absolute Gasteiger partial charge is 0.138 e. The van der Waals surface area contributed by atoms with Gasteiger partial charge in [0, 0.05) is 5.56 Å². The number of phenols is 1. The van der Waals surface area contributed by atoms with Crippen molar-refractivity contribution in [1.82, 2.24) is 4.98 Å². The summed E-state index contributed by atoms with van der Waals surface area (Å²) in [5.74, 6) is 0.113. The summed E-state index contributed by atoms with van der Waals surface area (Å²) in [5.41, 5.74) is 9.47. The first-order valence-corrected chi connectivity index (χ1v) is 7.97. The molecule has 0 amide bonds. The first-order chi connectivity index (χ1) is 10.2. The Balaban J connectivity index is 1.98. The fourth-order valence-electron chi connectivity index (χ4n) is 2.32. The second-order valence-corrected chi connectivity index (χ2v) is 6.23. The molecule has 0 fully saturated rings. The van der Waals surface area contributed by atoms with Crippen LogP contribution in [-0.2, 0) is 6.42 Å². The largest absolute Gasteiger partial charge is 0.506 e. The highest BCUT2D eigenvalue weighted by Crippen LogP contribution is 2.33. The molecule has 0 bridgehead atoms. The number of nitrogen functional groups attached to an aromatic ring is 1. The number of fused-ring (bicyclic) bond motifs is 1. The van der Waals surface area contributed by atoms with Crippen molar-refractivity contribution in [2.24, 2.45) is 0 Å². The second-order valence-electron chi connectivity index (χ2n) is 5.20. The molecule has 0 aliphatic carbocycles. The minimum atomic E-state index is 0.113. The number of aromatic nitrogens is 1. The molecule has 0 unspecified atom stereocenters. The number of hydrogen-bond acceptors (Lipinski definition) is 4. The van der Waals surface area contributed by atoms with E-state index in [0.717, 1.165) is 22.5 Å². The van der Waals surface area contributed by atoms with Crippen molar-refractivity contribution in [3.8, 4) is 16.3 Å². The number of phenolic OH excluding ortho intramolecular Hbond substituents is 1. The highest BCUT2D eigenvalue weighted by molar-refractivity contribution is 7.21. The van der Waals surface area contributed by atoms with Gasteiger partial charge in [-0.15, -0.1) is 11.3 Å². The van der Waals surface area contributed by atoms with Gasteiger partial charge in [0.2, 0.25) is 0 Å². The summed E-state index contributed by atoms with van der Waals surface area (Å²) in [6.07, 6.45) is 3.51. The molecule has 0 radical (unpaired) electrons. The van der Waals surface area contributed by atoms with Gasteiger partial charge in [0.15, 0.2) is 0 Å². The second kappa shape index (κ2) is 5.74. The van der Waals surface area contributed by atoms with Crippen molar-refractivity contribution < 1.29 is 5.11 Å². The zero-order chi connectivity index (χ0) is 14.8. The molecule has 0 saturated heterocycles. The Labute approximate surface area is 128 Å². The van der Waals surface area contributed by atoms with Crippen LogP contribution >= 0.6 is 11.3 Å². The Bertz CT molecular complexity index is 780. The van der Waals surface area contributed by atoms with Crippen molar-refractivity contribution in [2.75, 3.05) is 5.73 Å². The number of rotatable bonds is 4. The van der Waals surface area contributed by atoms with Gasteiger partial charge in [-0.1, -0.05) is 19.4 Å². The van der Waals surface area contributed by atoms with E-state index in [1.54, 1.807) is 23.5 Å². The van der Waals surface area contributed by atoms with E-state index in [2.05, 4.69) is 25.1 Å². The van der Waals surface area contributed by atoms with Gasteiger partial charge in [0.25, 0.3) is 0 Å². The Morgan fingerprint density at radius 1 is 1.19 bits per heavy atom. The lowest BCUT2D eigenvalue weighted by molar-refractivity contribution is 0.478. The predicted octanol–water partition coefficient (Wildman–Crippen LogP) is 4.59. The summed E-state index contributed by atoms with van der Waals surface area (Å²) >= 11 is 1.65. The third-order valence-electron chi connectivity index (χ3n) is 3.55. The van der Waals surface area contributed by atoms with Gasteiger partial charge in [-0.3, -0.25) is 0 Å². The summed E-state index contributed by atoms with van der Waals surface area (Å²) in [6, 6.07) is 11.7. The molecular formula is C17H18N2OS. The van der Waals surface area contributed by atoms with Crippen LogP contribution in [0.1, 0.15) is 25.3 Å². The Kier molecular flexibility index (Phi) is 3.80. The lowest BCUT2D eigenvalue weighted by atomic mass is 10.1. The van der Waals surface area contributed by atoms with Crippen LogP contribution in [0.3, 0.4) is 0 Å². The van der Waals surface area contributed by atoms with Gasteiger partial charge in [-0.05, 0) is 48.7 Å². The number of unbranched alkanes of at least 4 members (excludes halogenated alkanes) is 1. The van der Waals surface area contributed by atoms with E-state index in [4.69, 9.17) is 10.7 Å². The molecule has 108 valence electrons. The maximum atomic E-state index is 9.51. The van der Waals surface area contributed by atoms with Gasteiger partial charge < -0.3 is 10.8 Å². The molecule has 2 aromatic carbocycles. The first-order valence-electron chi connectivity index (χ1n) is 7.15. The minimum absolute atomic E-state index is 0.113.